The van der Waals surface area contributed by atoms with E-state index in [1.807, 2.05) is 31.5 Å². The maximum Gasteiger partial charge on any atom is 0.307 e. The molecule has 0 aliphatic carbocycles. The standard InChI is InChI=1S/C17H16N4O4/c1-10-6-13(11(2)20(10)3)9-18-19-17(22)16-8-12-7-14(21(23)24)4-5-15(12)25-16/h4-9H,1-3H3,(H,19,22)/b18-9+. The first-order valence-electron chi connectivity index (χ1n) is 7.51. The Labute approximate surface area is 142 Å². The van der Waals surface area contributed by atoms with Crippen molar-refractivity contribution in [3.8, 4) is 0 Å². The van der Waals surface area contributed by atoms with Crippen molar-refractivity contribution in [2.24, 2.45) is 12.1 Å². The number of fused-ring (bicyclic) bond motifs is 1. The van der Waals surface area contributed by atoms with Crippen LogP contribution in [0.5, 0.6) is 0 Å². The second kappa shape index (κ2) is 6.23. The van der Waals surface area contributed by atoms with E-state index in [-0.39, 0.29) is 11.4 Å². The van der Waals surface area contributed by atoms with Crippen molar-refractivity contribution in [3.63, 3.8) is 0 Å². The number of nitrogens with zero attached hydrogens (tertiary/aromatic N) is 3. The van der Waals surface area contributed by atoms with Gasteiger partial charge in [0.1, 0.15) is 5.58 Å². The molecule has 0 atom stereocenters. The molecule has 2 heterocycles. The molecule has 0 saturated carbocycles. The number of aromatic nitrogens is 1. The first-order valence-corrected chi connectivity index (χ1v) is 7.51. The van der Waals surface area contributed by atoms with E-state index in [0.29, 0.717) is 11.0 Å². The summed E-state index contributed by atoms with van der Waals surface area (Å²) in [6.45, 7) is 3.94. The van der Waals surface area contributed by atoms with E-state index < -0.39 is 10.8 Å². The highest BCUT2D eigenvalue weighted by molar-refractivity contribution is 5.97. The third kappa shape index (κ3) is 3.14. The van der Waals surface area contributed by atoms with Gasteiger partial charge in [0.15, 0.2) is 5.76 Å². The second-order valence-corrected chi connectivity index (χ2v) is 5.67. The number of nitrogens with one attached hydrogen (secondary N) is 1. The topological polar surface area (TPSA) is 103 Å². The number of rotatable bonds is 4. The average Bonchev–Trinajstić information content (AvgIpc) is 3.11. The van der Waals surface area contributed by atoms with Crippen LogP contribution in [0.4, 0.5) is 5.69 Å². The molecule has 1 amide bonds. The van der Waals surface area contributed by atoms with Crippen LogP contribution >= 0.6 is 0 Å². The monoisotopic (exact) mass is 340 g/mol. The van der Waals surface area contributed by atoms with Gasteiger partial charge in [-0.05, 0) is 32.0 Å². The Balaban J connectivity index is 1.76. The van der Waals surface area contributed by atoms with Gasteiger partial charge in [0.05, 0.1) is 11.1 Å². The van der Waals surface area contributed by atoms with Crippen LogP contribution in [0.3, 0.4) is 0 Å². The van der Waals surface area contributed by atoms with E-state index in [9.17, 15) is 14.9 Å². The third-order valence-electron chi connectivity index (χ3n) is 4.12. The number of nitro benzene ring substituents is 1. The number of hydrazone groups is 1. The van der Waals surface area contributed by atoms with Crippen LogP contribution in [0.2, 0.25) is 0 Å². The Morgan fingerprint density at radius 1 is 1.32 bits per heavy atom. The van der Waals surface area contributed by atoms with Crippen molar-refractivity contribution in [1.82, 2.24) is 9.99 Å². The number of aryl methyl sites for hydroxylation is 1. The lowest BCUT2D eigenvalue weighted by Gasteiger charge is -1.99. The summed E-state index contributed by atoms with van der Waals surface area (Å²) in [5.41, 5.74) is 5.76. The lowest BCUT2D eigenvalue weighted by atomic mass is 10.2. The molecule has 0 aliphatic heterocycles. The Morgan fingerprint density at radius 2 is 2.08 bits per heavy atom. The molecule has 1 aromatic carbocycles. The molecule has 0 aliphatic rings. The van der Waals surface area contributed by atoms with Crippen molar-refractivity contribution in [3.05, 3.63) is 63.2 Å². The quantitative estimate of drug-likeness (QED) is 0.448. The molecule has 0 unspecified atom stereocenters. The fraction of sp³-hybridized carbons (Fsp3) is 0.176. The Bertz CT molecular complexity index is 1010. The average molecular weight is 340 g/mol. The Hall–Kier alpha value is -3.42. The predicted molar refractivity (Wildman–Crippen MR) is 92.8 cm³/mol. The van der Waals surface area contributed by atoms with Crippen LogP contribution in [-0.2, 0) is 7.05 Å². The zero-order valence-electron chi connectivity index (χ0n) is 13.9. The number of nitro groups is 1. The summed E-state index contributed by atoms with van der Waals surface area (Å²) < 4.78 is 7.42. The molecular weight excluding hydrogens is 324 g/mol. The van der Waals surface area contributed by atoms with E-state index in [4.69, 9.17) is 4.42 Å². The first kappa shape index (κ1) is 16.4. The number of non-ortho nitro benzene ring substituents is 1. The van der Waals surface area contributed by atoms with Gasteiger partial charge in [-0.15, -0.1) is 0 Å². The van der Waals surface area contributed by atoms with Crippen molar-refractivity contribution in [1.29, 1.82) is 0 Å². The smallest absolute Gasteiger partial charge is 0.307 e. The number of hydrogen-bond donors (Lipinski definition) is 1. The van der Waals surface area contributed by atoms with E-state index in [0.717, 1.165) is 17.0 Å². The predicted octanol–water partition coefficient (Wildman–Crippen LogP) is 3.06. The van der Waals surface area contributed by atoms with Gasteiger partial charge in [-0.2, -0.15) is 5.10 Å². The van der Waals surface area contributed by atoms with E-state index in [1.165, 1.54) is 24.3 Å². The maximum absolute atomic E-state index is 12.1. The van der Waals surface area contributed by atoms with Crippen molar-refractivity contribution >= 4 is 28.8 Å². The second-order valence-electron chi connectivity index (χ2n) is 5.67. The highest BCUT2D eigenvalue weighted by Gasteiger charge is 2.14. The zero-order chi connectivity index (χ0) is 18.1. The molecule has 25 heavy (non-hydrogen) atoms. The molecule has 3 rings (SSSR count). The number of benzene rings is 1. The largest absolute Gasteiger partial charge is 0.451 e. The highest BCUT2D eigenvalue weighted by Crippen LogP contribution is 2.24. The van der Waals surface area contributed by atoms with E-state index >= 15 is 0 Å². The number of hydrogen-bond acceptors (Lipinski definition) is 5. The summed E-state index contributed by atoms with van der Waals surface area (Å²) in [6, 6.07) is 7.56. The Morgan fingerprint density at radius 3 is 2.72 bits per heavy atom. The fourth-order valence-electron chi connectivity index (χ4n) is 2.49. The van der Waals surface area contributed by atoms with Crippen LogP contribution in [-0.4, -0.2) is 21.6 Å². The lowest BCUT2D eigenvalue weighted by molar-refractivity contribution is -0.384. The molecule has 1 N–H and O–H groups in total. The van der Waals surface area contributed by atoms with E-state index in [1.54, 1.807) is 6.21 Å². The zero-order valence-corrected chi connectivity index (χ0v) is 13.9. The van der Waals surface area contributed by atoms with Crippen LogP contribution < -0.4 is 5.43 Å². The molecule has 128 valence electrons. The molecule has 0 spiro atoms. The fourth-order valence-corrected chi connectivity index (χ4v) is 2.49. The molecular formula is C17H16N4O4. The highest BCUT2D eigenvalue weighted by atomic mass is 16.6. The van der Waals surface area contributed by atoms with Crippen molar-refractivity contribution in [2.75, 3.05) is 0 Å². The van der Waals surface area contributed by atoms with Gasteiger partial charge in [0.25, 0.3) is 5.69 Å². The number of carbonyl (C=O) groups is 1. The molecule has 8 heteroatoms. The molecule has 0 radical (unpaired) electrons. The number of carbonyl (C=O) groups excluding carboxylic acids is 1. The number of furan rings is 1. The van der Waals surface area contributed by atoms with Gasteiger partial charge in [-0.3, -0.25) is 14.9 Å². The van der Waals surface area contributed by atoms with Gasteiger partial charge >= 0.3 is 5.91 Å². The first-order chi connectivity index (χ1) is 11.9. The van der Waals surface area contributed by atoms with Crippen LogP contribution in [0.1, 0.15) is 27.5 Å². The molecule has 0 fully saturated rings. The minimum atomic E-state index is -0.527. The third-order valence-corrected chi connectivity index (χ3v) is 4.12. The molecule has 3 aromatic rings. The van der Waals surface area contributed by atoms with Gasteiger partial charge in [0.2, 0.25) is 0 Å². The van der Waals surface area contributed by atoms with Crippen LogP contribution in [0, 0.1) is 24.0 Å². The molecule has 0 bridgehead atoms. The summed E-state index contributed by atoms with van der Waals surface area (Å²) in [7, 11) is 1.95. The summed E-state index contributed by atoms with van der Waals surface area (Å²) in [5, 5.41) is 15.2. The maximum atomic E-state index is 12.1. The molecule has 8 nitrogen and oxygen atoms in total. The molecule has 0 saturated heterocycles. The summed E-state index contributed by atoms with van der Waals surface area (Å²) in [5.74, 6) is -0.492. The number of amides is 1. The normalized spacial score (nSPS) is 11.3. The minimum Gasteiger partial charge on any atom is -0.451 e. The Kier molecular flexibility index (Phi) is 4.10. The van der Waals surface area contributed by atoms with Gasteiger partial charge < -0.3 is 8.98 Å². The van der Waals surface area contributed by atoms with Crippen LogP contribution in [0.25, 0.3) is 11.0 Å². The van der Waals surface area contributed by atoms with Gasteiger partial charge in [-0.25, -0.2) is 5.43 Å². The van der Waals surface area contributed by atoms with Crippen LogP contribution in [0.15, 0.2) is 39.9 Å². The minimum absolute atomic E-state index is 0.0358. The van der Waals surface area contributed by atoms with Gasteiger partial charge in [0, 0.05) is 41.5 Å². The molecule has 2 aromatic heterocycles. The van der Waals surface area contributed by atoms with Crippen molar-refractivity contribution < 1.29 is 14.1 Å². The van der Waals surface area contributed by atoms with E-state index in [2.05, 4.69) is 10.5 Å². The summed E-state index contributed by atoms with van der Waals surface area (Å²) >= 11 is 0. The van der Waals surface area contributed by atoms with Gasteiger partial charge in [-0.1, -0.05) is 0 Å². The summed E-state index contributed by atoms with van der Waals surface area (Å²) in [4.78, 5) is 22.4. The summed E-state index contributed by atoms with van der Waals surface area (Å²) in [6.07, 6.45) is 1.56. The lowest BCUT2D eigenvalue weighted by Crippen LogP contribution is -2.16. The SMILES string of the molecule is Cc1cc(/C=N/NC(=O)c2cc3cc([N+](=O)[O-])ccc3o2)c(C)n1C. The van der Waals surface area contributed by atoms with Crippen molar-refractivity contribution in [2.45, 2.75) is 13.8 Å².